The smallest absolute Gasteiger partial charge is 0.0399 e. The second-order valence-corrected chi connectivity index (χ2v) is 7.67. The van der Waals surface area contributed by atoms with Crippen LogP contribution in [0.1, 0.15) is 44.4 Å². The molecule has 0 atom stereocenters. The number of thioether (sulfide) groups is 1. The molecule has 0 aliphatic heterocycles. The summed E-state index contributed by atoms with van der Waals surface area (Å²) in [5.74, 6) is 0. The third-order valence-electron chi connectivity index (χ3n) is 3.86. The Balaban J connectivity index is 2.20. The van der Waals surface area contributed by atoms with Crippen LogP contribution >= 0.6 is 11.8 Å². The molecule has 2 aromatic carbocycles. The molecular weight excluding hydrogens is 272 g/mol. The van der Waals surface area contributed by atoms with Gasteiger partial charge in [0.2, 0.25) is 0 Å². The fourth-order valence-corrected chi connectivity index (χ4v) is 3.38. The summed E-state index contributed by atoms with van der Waals surface area (Å²) in [6.07, 6.45) is 2.15. The third-order valence-corrected chi connectivity index (χ3v) is 5.12. The van der Waals surface area contributed by atoms with E-state index in [1.165, 1.54) is 27.2 Å². The van der Waals surface area contributed by atoms with Crippen LogP contribution in [0, 0.1) is 6.92 Å². The summed E-state index contributed by atoms with van der Waals surface area (Å²) < 4.78 is 0.0671. The Kier molecular flexibility index (Phi) is 4.95. The minimum atomic E-state index is 0.0671. The summed E-state index contributed by atoms with van der Waals surface area (Å²) in [5, 5.41) is 0. The zero-order valence-corrected chi connectivity index (χ0v) is 14.4. The first kappa shape index (κ1) is 15.9. The molecular formula is C20H24S. The predicted octanol–water partition coefficient (Wildman–Crippen LogP) is 6.45. The molecule has 0 saturated heterocycles. The van der Waals surface area contributed by atoms with Gasteiger partial charge in [0, 0.05) is 9.64 Å². The van der Waals surface area contributed by atoms with E-state index in [-0.39, 0.29) is 4.75 Å². The largest absolute Gasteiger partial charge is 0.115 e. The Morgan fingerprint density at radius 2 is 1.52 bits per heavy atom. The van der Waals surface area contributed by atoms with Crippen LogP contribution in [0.3, 0.4) is 0 Å². The molecule has 0 unspecified atom stereocenters. The fourth-order valence-electron chi connectivity index (χ4n) is 2.26. The Morgan fingerprint density at radius 3 is 2.05 bits per heavy atom. The van der Waals surface area contributed by atoms with Crippen molar-refractivity contribution in [2.24, 2.45) is 0 Å². The van der Waals surface area contributed by atoms with Gasteiger partial charge in [0.1, 0.15) is 0 Å². The van der Waals surface area contributed by atoms with Crippen molar-refractivity contribution in [3.8, 4) is 0 Å². The van der Waals surface area contributed by atoms with E-state index >= 15 is 0 Å². The number of hydrogen-bond donors (Lipinski definition) is 0. The highest BCUT2D eigenvalue weighted by Crippen LogP contribution is 2.41. The van der Waals surface area contributed by atoms with E-state index in [1.807, 2.05) is 11.8 Å². The van der Waals surface area contributed by atoms with Crippen LogP contribution in [0.2, 0.25) is 0 Å². The van der Waals surface area contributed by atoms with Crippen LogP contribution in [0.5, 0.6) is 0 Å². The van der Waals surface area contributed by atoms with Crippen molar-refractivity contribution < 1.29 is 0 Å². The first-order chi connectivity index (χ1) is 9.92. The first-order valence-electron chi connectivity index (χ1n) is 7.42. The zero-order chi connectivity index (χ0) is 15.5. The van der Waals surface area contributed by atoms with E-state index in [0.29, 0.717) is 0 Å². The SMILES string of the molecule is CC=C(C)c1ccc(C(C)(C)Sc2ccc(C)cc2)cc1. The Morgan fingerprint density at radius 1 is 0.952 bits per heavy atom. The maximum atomic E-state index is 2.29. The van der Waals surface area contributed by atoms with Gasteiger partial charge in [-0.15, -0.1) is 11.8 Å². The summed E-state index contributed by atoms with van der Waals surface area (Å²) in [6.45, 7) is 10.9. The lowest BCUT2D eigenvalue weighted by molar-refractivity contribution is 0.782. The highest BCUT2D eigenvalue weighted by Gasteiger charge is 2.21. The minimum absolute atomic E-state index is 0.0671. The molecule has 0 aromatic heterocycles. The molecule has 0 aliphatic rings. The van der Waals surface area contributed by atoms with Gasteiger partial charge in [-0.05, 0) is 63.5 Å². The van der Waals surface area contributed by atoms with Gasteiger partial charge in [0.25, 0.3) is 0 Å². The van der Waals surface area contributed by atoms with Crippen LogP contribution < -0.4 is 0 Å². The molecule has 0 N–H and O–H groups in total. The second-order valence-electron chi connectivity index (χ2n) is 5.97. The van der Waals surface area contributed by atoms with E-state index in [0.717, 1.165) is 0 Å². The molecule has 0 saturated carbocycles. The summed E-state index contributed by atoms with van der Waals surface area (Å²) in [6, 6.07) is 17.7. The average molecular weight is 296 g/mol. The van der Waals surface area contributed by atoms with Crippen LogP contribution in [-0.4, -0.2) is 0 Å². The van der Waals surface area contributed by atoms with E-state index in [2.05, 4.69) is 89.2 Å². The van der Waals surface area contributed by atoms with Gasteiger partial charge in [-0.25, -0.2) is 0 Å². The maximum absolute atomic E-state index is 2.29. The van der Waals surface area contributed by atoms with Gasteiger partial charge in [-0.1, -0.05) is 48.0 Å². The topological polar surface area (TPSA) is 0 Å². The quantitative estimate of drug-likeness (QED) is 0.584. The van der Waals surface area contributed by atoms with E-state index in [9.17, 15) is 0 Å². The van der Waals surface area contributed by atoms with Gasteiger partial charge < -0.3 is 0 Å². The molecule has 0 bridgehead atoms. The van der Waals surface area contributed by atoms with Gasteiger partial charge in [0.05, 0.1) is 0 Å². The molecule has 0 amide bonds. The minimum Gasteiger partial charge on any atom is -0.115 e. The fraction of sp³-hybridized carbons (Fsp3) is 0.300. The summed E-state index contributed by atoms with van der Waals surface area (Å²) in [7, 11) is 0. The monoisotopic (exact) mass is 296 g/mol. The standard InChI is InChI=1S/C20H24S/c1-6-16(3)17-9-11-18(12-10-17)20(4,5)21-19-13-7-15(2)8-14-19/h6-14H,1-5H3. The predicted molar refractivity (Wildman–Crippen MR) is 95.8 cm³/mol. The molecule has 2 rings (SSSR count). The number of benzene rings is 2. The molecule has 110 valence electrons. The Hall–Kier alpha value is -1.47. The van der Waals surface area contributed by atoms with Gasteiger partial charge in [0.15, 0.2) is 0 Å². The molecule has 0 aliphatic carbocycles. The second kappa shape index (κ2) is 6.53. The summed E-state index contributed by atoms with van der Waals surface area (Å²) >= 11 is 1.91. The molecule has 21 heavy (non-hydrogen) atoms. The van der Waals surface area contributed by atoms with Gasteiger partial charge in [-0.3, -0.25) is 0 Å². The summed E-state index contributed by atoms with van der Waals surface area (Å²) in [5.41, 5.74) is 5.30. The van der Waals surface area contributed by atoms with Crippen molar-refractivity contribution in [1.29, 1.82) is 0 Å². The third kappa shape index (κ3) is 4.01. The van der Waals surface area contributed by atoms with Crippen LogP contribution in [0.25, 0.3) is 5.57 Å². The Bertz CT molecular complexity index is 616. The van der Waals surface area contributed by atoms with Gasteiger partial charge in [-0.2, -0.15) is 0 Å². The van der Waals surface area contributed by atoms with Crippen molar-refractivity contribution >= 4 is 17.3 Å². The first-order valence-corrected chi connectivity index (χ1v) is 8.23. The Labute approximate surface area is 133 Å². The molecule has 0 fully saturated rings. The number of rotatable bonds is 4. The molecule has 2 aromatic rings. The lowest BCUT2D eigenvalue weighted by Crippen LogP contribution is -2.11. The van der Waals surface area contributed by atoms with E-state index in [1.54, 1.807) is 0 Å². The number of aryl methyl sites for hydroxylation is 1. The van der Waals surface area contributed by atoms with Crippen molar-refractivity contribution in [3.05, 3.63) is 71.3 Å². The van der Waals surface area contributed by atoms with Crippen molar-refractivity contribution in [2.45, 2.75) is 44.3 Å². The van der Waals surface area contributed by atoms with E-state index < -0.39 is 0 Å². The van der Waals surface area contributed by atoms with Crippen LogP contribution in [0.4, 0.5) is 0 Å². The summed E-state index contributed by atoms with van der Waals surface area (Å²) in [4.78, 5) is 1.32. The molecule has 0 radical (unpaired) electrons. The molecule has 0 spiro atoms. The van der Waals surface area contributed by atoms with Gasteiger partial charge >= 0.3 is 0 Å². The van der Waals surface area contributed by atoms with Crippen LogP contribution in [0.15, 0.2) is 59.5 Å². The van der Waals surface area contributed by atoms with Crippen molar-refractivity contribution in [3.63, 3.8) is 0 Å². The van der Waals surface area contributed by atoms with Crippen molar-refractivity contribution in [1.82, 2.24) is 0 Å². The van der Waals surface area contributed by atoms with Crippen molar-refractivity contribution in [2.75, 3.05) is 0 Å². The molecule has 1 heteroatoms. The average Bonchev–Trinajstić information content (AvgIpc) is 2.49. The molecule has 0 heterocycles. The highest BCUT2D eigenvalue weighted by atomic mass is 32.2. The number of hydrogen-bond acceptors (Lipinski definition) is 1. The highest BCUT2D eigenvalue weighted by molar-refractivity contribution is 8.00. The molecule has 0 nitrogen and oxygen atoms in total. The van der Waals surface area contributed by atoms with Crippen LogP contribution in [-0.2, 0) is 4.75 Å². The van der Waals surface area contributed by atoms with E-state index in [4.69, 9.17) is 0 Å². The zero-order valence-electron chi connectivity index (χ0n) is 13.6. The maximum Gasteiger partial charge on any atom is 0.0399 e. The normalized spacial score (nSPS) is 12.5. The number of allylic oxidation sites excluding steroid dienone is 2. The lowest BCUT2D eigenvalue weighted by atomic mass is 9.98. The lowest BCUT2D eigenvalue weighted by Gasteiger charge is -2.25.